The minimum absolute atomic E-state index is 0.159. The Kier molecular flexibility index (Phi) is 3.07. The molecule has 1 aromatic carbocycles. The van der Waals surface area contributed by atoms with E-state index in [1.54, 1.807) is 0 Å². The number of sulfone groups is 1. The topological polar surface area (TPSA) is 46.2 Å². The Morgan fingerprint density at radius 1 is 1.27 bits per heavy atom. The lowest BCUT2D eigenvalue weighted by molar-refractivity contribution is 0.398. The molecule has 1 unspecified atom stereocenters. The molecule has 0 aliphatic carbocycles. The van der Waals surface area contributed by atoms with E-state index in [0.29, 0.717) is 0 Å². The maximum absolute atomic E-state index is 11.8. The molecule has 0 amide bonds. The van der Waals surface area contributed by atoms with Crippen LogP contribution >= 0.6 is 0 Å². The highest BCUT2D eigenvalue weighted by Gasteiger charge is 2.23. The Balaban J connectivity index is 1.98. The van der Waals surface area contributed by atoms with Gasteiger partial charge in [-0.25, -0.2) is 8.42 Å². The molecule has 2 rings (SSSR count). The van der Waals surface area contributed by atoms with Gasteiger partial charge in [-0.15, -0.1) is 0 Å². The van der Waals surface area contributed by atoms with Crippen LogP contribution in [0.1, 0.15) is 12.0 Å². The highest BCUT2D eigenvalue weighted by atomic mass is 32.2. The Bertz CT molecular complexity index is 409. The minimum Gasteiger partial charge on any atom is -0.313 e. The van der Waals surface area contributed by atoms with E-state index in [2.05, 4.69) is 5.32 Å². The van der Waals surface area contributed by atoms with E-state index < -0.39 is 9.84 Å². The molecule has 1 aromatic rings. The first-order valence-corrected chi connectivity index (χ1v) is 6.96. The average Bonchev–Trinajstić information content (AvgIpc) is 2.13. The highest BCUT2D eigenvalue weighted by molar-refractivity contribution is 7.90. The van der Waals surface area contributed by atoms with Gasteiger partial charge in [0.25, 0.3) is 0 Å². The lowest BCUT2D eigenvalue weighted by Crippen LogP contribution is -2.47. The number of hydrogen-bond acceptors (Lipinski definition) is 3. The third-order valence-electron chi connectivity index (χ3n) is 2.61. The van der Waals surface area contributed by atoms with Crippen molar-refractivity contribution in [3.05, 3.63) is 35.9 Å². The van der Waals surface area contributed by atoms with E-state index in [0.717, 1.165) is 18.5 Å². The Labute approximate surface area is 90.4 Å². The first-order valence-electron chi connectivity index (χ1n) is 5.13. The van der Waals surface area contributed by atoms with Gasteiger partial charge in [-0.2, -0.15) is 0 Å². The first kappa shape index (κ1) is 10.6. The first-order chi connectivity index (χ1) is 7.16. The molecular weight excluding hydrogens is 210 g/mol. The van der Waals surface area contributed by atoms with Gasteiger partial charge in [0, 0.05) is 6.04 Å². The van der Waals surface area contributed by atoms with Crippen LogP contribution in [-0.4, -0.2) is 26.8 Å². The van der Waals surface area contributed by atoms with Crippen LogP contribution in [-0.2, 0) is 15.6 Å². The van der Waals surface area contributed by atoms with Gasteiger partial charge < -0.3 is 5.32 Å². The highest BCUT2D eigenvalue weighted by Crippen LogP contribution is 2.11. The van der Waals surface area contributed by atoms with Crippen LogP contribution in [0.5, 0.6) is 0 Å². The molecule has 1 saturated heterocycles. The molecule has 3 nitrogen and oxygen atoms in total. The van der Waals surface area contributed by atoms with Crippen molar-refractivity contribution in [3.63, 3.8) is 0 Å². The minimum atomic E-state index is -2.96. The summed E-state index contributed by atoms with van der Waals surface area (Å²) in [5.74, 6) is 0.425. The Morgan fingerprint density at radius 2 is 1.93 bits per heavy atom. The van der Waals surface area contributed by atoms with Crippen molar-refractivity contribution in [2.45, 2.75) is 18.2 Å². The smallest absolute Gasteiger partial charge is 0.155 e. The van der Waals surface area contributed by atoms with Crippen molar-refractivity contribution >= 4 is 9.84 Å². The number of rotatable bonds is 4. The zero-order valence-electron chi connectivity index (χ0n) is 8.52. The molecule has 1 aliphatic heterocycles. The van der Waals surface area contributed by atoms with E-state index in [4.69, 9.17) is 0 Å². The lowest BCUT2D eigenvalue weighted by atomic mass is 10.1. The van der Waals surface area contributed by atoms with Crippen LogP contribution in [0.4, 0.5) is 0 Å². The van der Waals surface area contributed by atoms with Gasteiger partial charge >= 0.3 is 0 Å². The molecule has 1 atom stereocenters. The van der Waals surface area contributed by atoms with Gasteiger partial charge in [0.05, 0.1) is 11.5 Å². The third kappa shape index (κ3) is 3.04. The van der Waals surface area contributed by atoms with Gasteiger partial charge in [0.1, 0.15) is 0 Å². The van der Waals surface area contributed by atoms with E-state index in [1.165, 1.54) is 0 Å². The zero-order chi connectivity index (χ0) is 10.7. The molecule has 1 N–H and O–H groups in total. The predicted molar refractivity (Wildman–Crippen MR) is 60.3 cm³/mol. The van der Waals surface area contributed by atoms with Gasteiger partial charge in [-0.05, 0) is 18.5 Å². The molecule has 4 heteroatoms. The molecule has 1 fully saturated rings. The fourth-order valence-electron chi connectivity index (χ4n) is 1.68. The van der Waals surface area contributed by atoms with Gasteiger partial charge in [0.2, 0.25) is 0 Å². The third-order valence-corrected chi connectivity index (χ3v) is 4.29. The van der Waals surface area contributed by atoms with Gasteiger partial charge in [0.15, 0.2) is 9.84 Å². The Morgan fingerprint density at radius 3 is 2.47 bits per heavy atom. The summed E-state index contributed by atoms with van der Waals surface area (Å²) in [5, 5.41) is 3.11. The standard InChI is InChI=1S/C11H15NO2S/c13-15(14,9-11-6-7-12-11)8-10-4-2-1-3-5-10/h1-5,11-12H,6-9H2. The summed E-state index contributed by atoms with van der Waals surface area (Å²) in [6.45, 7) is 0.950. The maximum Gasteiger partial charge on any atom is 0.155 e. The fourth-order valence-corrected chi connectivity index (χ4v) is 3.40. The van der Waals surface area contributed by atoms with Crippen LogP contribution in [0.15, 0.2) is 30.3 Å². The van der Waals surface area contributed by atoms with E-state index in [-0.39, 0.29) is 17.5 Å². The van der Waals surface area contributed by atoms with E-state index in [9.17, 15) is 8.42 Å². The van der Waals surface area contributed by atoms with Crippen molar-refractivity contribution in [1.29, 1.82) is 0 Å². The largest absolute Gasteiger partial charge is 0.313 e. The normalized spacial score (nSPS) is 20.9. The number of nitrogens with one attached hydrogen (secondary N) is 1. The van der Waals surface area contributed by atoms with Gasteiger partial charge in [-0.3, -0.25) is 0 Å². The summed E-state index contributed by atoms with van der Waals surface area (Å²) < 4.78 is 23.5. The zero-order valence-corrected chi connectivity index (χ0v) is 9.33. The summed E-state index contributed by atoms with van der Waals surface area (Å²) in [6, 6.07) is 9.51. The summed E-state index contributed by atoms with van der Waals surface area (Å²) in [5.41, 5.74) is 0.872. The molecule has 1 aliphatic rings. The Hall–Kier alpha value is -0.870. The lowest BCUT2D eigenvalue weighted by Gasteiger charge is -2.27. The fraction of sp³-hybridized carbons (Fsp3) is 0.455. The summed E-state index contributed by atoms with van der Waals surface area (Å²) in [7, 11) is -2.96. The summed E-state index contributed by atoms with van der Waals surface area (Å²) in [4.78, 5) is 0. The van der Waals surface area contributed by atoms with Crippen LogP contribution in [0.25, 0.3) is 0 Å². The van der Waals surface area contributed by atoms with E-state index in [1.807, 2.05) is 30.3 Å². The molecule has 0 spiro atoms. The van der Waals surface area contributed by atoms with Crippen molar-refractivity contribution in [2.75, 3.05) is 12.3 Å². The van der Waals surface area contributed by atoms with Gasteiger partial charge in [-0.1, -0.05) is 30.3 Å². The monoisotopic (exact) mass is 225 g/mol. The van der Waals surface area contributed by atoms with Crippen molar-refractivity contribution in [3.8, 4) is 0 Å². The molecule has 15 heavy (non-hydrogen) atoms. The van der Waals surface area contributed by atoms with Crippen molar-refractivity contribution < 1.29 is 8.42 Å². The van der Waals surface area contributed by atoms with Crippen molar-refractivity contribution in [2.24, 2.45) is 0 Å². The molecule has 0 radical (unpaired) electrons. The average molecular weight is 225 g/mol. The molecular formula is C11H15NO2S. The second kappa shape index (κ2) is 4.33. The van der Waals surface area contributed by atoms with Crippen LogP contribution in [0.3, 0.4) is 0 Å². The van der Waals surface area contributed by atoms with E-state index >= 15 is 0 Å². The number of benzene rings is 1. The number of hydrogen-bond donors (Lipinski definition) is 1. The maximum atomic E-state index is 11.8. The van der Waals surface area contributed by atoms with Crippen LogP contribution in [0, 0.1) is 0 Å². The summed E-state index contributed by atoms with van der Waals surface area (Å²) in [6.07, 6.45) is 0.980. The molecule has 0 bridgehead atoms. The quantitative estimate of drug-likeness (QED) is 0.830. The van der Waals surface area contributed by atoms with Crippen LogP contribution in [0.2, 0.25) is 0 Å². The molecule has 0 aromatic heterocycles. The van der Waals surface area contributed by atoms with Crippen molar-refractivity contribution in [1.82, 2.24) is 5.32 Å². The second-order valence-electron chi connectivity index (χ2n) is 3.98. The van der Waals surface area contributed by atoms with Crippen LogP contribution < -0.4 is 5.32 Å². The molecule has 0 saturated carbocycles. The summed E-state index contributed by atoms with van der Waals surface area (Å²) >= 11 is 0. The SMILES string of the molecule is O=S(=O)(Cc1ccccc1)CC1CCN1. The predicted octanol–water partition coefficient (Wildman–Crippen LogP) is 0.963. The molecule has 82 valence electrons. The molecule has 1 heterocycles. The second-order valence-corrected chi connectivity index (χ2v) is 6.09.